The first-order valence-corrected chi connectivity index (χ1v) is 8.81. The van der Waals surface area contributed by atoms with Crippen molar-refractivity contribution in [1.82, 2.24) is 5.32 Å². The first-order valence-electron chi connectivity index (χ1n) is 8.81. The molecule has 1 aromatic rings. The summed E-state index contributed by atoms with van der Waals surface area (Å²) < 4.78 is 20.6. The zero-order valence-corrected chi connectivity index (χ0v) is 16.1. The largest absolute Gasteiger partial charge is 0.493 e. The second-order valence-corrected chi connectivity index (χ2v) is 5.64. The molecule has 26 heavy (non-hydrogen) atoms. The van der Waals surface area contributed by atoms with Gasteiger partial charge in [-0.15, -0.1) is 0 Å². The Balaban J connectivity index is 2.41. The van der Waals surface area contributed by atoms with Crippen LogP contribution in [0.4, 0.5) is 0 Å². The van der Waals surface area contributed by atoms with Gasteiger partial charge in [0, 0.05) is 18.5 Å². The number of methoxy groups -OCH3 is 3. The number of rotatable bonds is 12. The topological polar surface area (TPSA) is 83.1 Å². The van der Waals surface area contributed by atoms with Gasteiger partial charge in [-0.25, -0.2) is 0 Å². The lowest BCUT2D eigenvalue weighted by Crippen LogP contribution is -2.24. The molecule has 0 unspecified atom stereocenters. The van der Waals surface area contributed by atoms with E-state index >= 15 is 0 Å². The molecule has 1 N–H and O–H groups in total. The summed E-state index contributed by atoms with van der Waals surface area (Å²) in [5, 5.41) is 2.88. The van der Waals surface area contributed by atoms with Crippen molar-refractivity contribution in [3.8, 4) is 17.2 Å². The van der Waals surface area contributed by atoms with Crippen LogP contribution in [0, 0.1) is 0 Å². The molecule has 7 heteroatoms. The van der Waals surface area contributed by atoms with E-state index in [9.17, 15) is 9.59 Å². The molecule has 7 nitrogen and oxygen atoms in total. The van der Waals surface area contributed by atoms with Crippen LogP contribution in [0.15, 0.2) is 12.1 Å². The predicted molar refractivity (Wildman–Crippen MR) is 98.1 cm³/mol. The summed E-state index contributed by atoms with van der Waals surface area (Å²) in [6, 6.07) is 3.24. The molecule has 0 spiro atoms. The average molecular weight is 367 g/mol. The number of carbonyl (C=O) groups excluding carboxylic acids is 2. The fourth-order valence-corrected chi connectivity index (χ4v) is 2.50. The van der Waals surface area contributed by atoms with E-state index in [1.165, 1.54) is 21.3 Å². The standard InChI is InChI=1S/C19H29NO6/c1-5-26-17(21)10-8-6-7-9-11-20-19(22)14-12-15(23-2)18(25-4)16(13-14)24-3/h12-13H,5-11H2,1-4H3,(H,20,22). The number of esters is 1. The summed E-state index contributed by atoms with van der Waals surface area (Å²) >= 11 is 0. The number of benzene rings is 1. The highest BCUT2D eigenvalue weighted by Gasteiger charge is 2.16. The lowest BCUT2D eigenvalue weighted by Gasteiger charge is -2.14. The number of ether oxygens (including phenoxy) is 4. The minimum atomic E-state index is -0.198. The van der Waals surface area contributed by atoms with Gasteiger partial charge in [-0.05, 0) is 31.9 Å². The van der Waals surface area contributed by atoms with E-state index in [2.05, 4.69) is 5.32 Å². The van der Waals surface area contributed by atoms with Crippen molar-refractivity contribution >= 4 is 11.9 Å². The molecule has 0 heterocycles. The van der Waals surface area contributed by atoms with Gasteiger partial charge < -0.3 is 24.3 Å². The van der Waals surface area contributed by atoms with Gasteiger partial charge in [0.1, 0.15) is 0 Å². The zero-order chi connectivity index (χ0) is 19.4. The van der Waals surface area contributed by atoms with Gasteiger partial charge in [0.25, 0.3) is 5.91 Å². The number of hydrogen-bond acceptors (Lipinski definition) is 6. The Morgan fingerprint density at radius 3 is 2.08 bits per heavy atom. The quantitative estimate of drug-likeness (QED) is 0.452. The van der Waals surface area contributed by atoms with Crippen LogP contribution in [-0.4, -0.2) is 46.4 Å². The van der Waals surface area contributed by atoms with Crippen LogP contribution in [0.2, 0.25) is 0 Å². The Kier molecular flexibility index (Phi) is 9.97. The van der Waals surface area contributed by atoms with Crippen molar-refractivity contribution in [3.63, 3.8) is 0 Å². The molecule has 1 amide bonds. The Bertz CT molecular complexity index is 562. The van der Waals surface area contributed by atoms with E-state index in [0.717, 1.165) is 25.7 Å². The maximum Gasteiger partial charge on any atom is 0.305 e. The highest BCUT2D eigenvalue weighted by molar-refractivity contribution is 5.95. The highest BCUT2D eigenvalue weighted by atomic mass is 16.5. The minimum Gasteiger partial charge on any atom is -0.493 e. The van der Waals surface area contributed by atoms with Crippen LogP contribution in [0.1, 0.15) is 49.4 Å². The van der Waals surface area contributed by atoms with Crippen LogP contribution in [0.5, 0.6) is 17.2 Å². The van der Waals surface area contributed by atoms with Gasteiger partial charge in [-0.3, -0.25) is 9.59 Å². The van der Waals surface area contributed by atoms with Crippen LogP contribution in [0.3, 0.4) is 0 Å². The van der Waals surface area contributed by atoms with Crippen LogP contribution < -0.4 is 19.5 Å². The maximum atomic E-state index is 12.3. The third kappa shape index (κ3) is 6.82. The van der Waals surface area contributed by atoms with Crippen LogP contribution in [-0.2, 0) is 9.53 Å². The molecule has 0 atom stereocenters. The summed E-state index contributed by atoms with van der Waals surface area (Å²) in [6.45, 7) is 2.79. The van der Waals surface area contributed by atoms with Crippen LogP contribution >= 0.6 is 0 Å². The Hall–Kier alpha value is -2.44. The molecule has 0 bridgehead atoms. The van der Waals surface area contributed by atoms with Crippen molar-refractivity contribution in [3.05, 3.63) is 17.7 Å². The Morgan fingerprint density at radius 2 is 1.54 bits per heavy atom. The van der Waals surface area contributed by atoms with Gasteiger partial charge in [0.15, 0.2) is 11.5 Å². The Labute approximate surface area is 155 Å². The van der Waals surface area contributed by atoms with Gasteiger partial charge in [0.2, 0.25) is 5.75 Å². The lowest BCUT2D eigenvalue weighted by atomic mass is 10.1. The van der Waals surface area contributed by atoms with Gasteiger partial charge in [-0.1, -0.05) is 12.8 Å². The van der Waals surface area contributed by atoms with Crippen molar-refractivity contribution in [2.45, 2.75) is 39.0 Å². The molecule has 0 radical (unpaired) electrons. The molecule has 1 aromatic carbocycles. The van der Waals surface area contributed by atoms with E-state index in [1.807, 2.05) is 0 Å². The monoisotopic (exact) mass is 367 g/mol. The van der Waals surface area contributed by atoms with Crippen molar-refractivity contribution in [2.75, 3.05) is 34.5 Å². The van der Waals surface area contributed by atoms with Gasteiger partial charge >= 0.3 is 5.97 Å². The summed E-state index contributed by atoms with van der Waals surface area (Å²) in [7, 11) is 4.53. The molecule has 146 valence electrons. The second-order valence-electron chi connectivity index (χ2n) is 5.64. The molecular weight excluding hydrogens is 338 g/mol. The molecule has 1 rings (SSSR count). The molecule has 0 saturated carbocycles. The van der Waals surface area contributed by atoms with Crippen LogP contribution in [0.25, 0.3) is 0 Å². The Morgan fingerprint density at radius 1 is 0.923 bits per heavy atom. The fourth-order valence-electron chi connectivity index (χ4n) is 2.50. The number of carbonyl (C=O) groups is 2. The normalized spacial score (nSPS) is 10.2. The molecular formula is C19H29NO6. The average Bonchev–Trinajstić information content (AvgIpc) is 2.65. The van der Waals surface area contributed by atoms with Crippen molar-refractivity contribution < 1.29 is 28.5 Å². The summed E-state index contributed by atoms with van der Waals surface area (Å²) in [5.74, 6) is 0.985. The number of hydrogen-bond donors (Lipinski definition) is 1. The highest BCUT2D eigenvalue weighted by Crippen LogP contribution is 2.38. The summed E-state index contributed by atoms with van der Waals surface area (Å²) in [4.78, 5) is 23.5. The SMILES string of the molecule is CCOC(=O)CCCCCCNC(=O)c1cc(OC)c(OC)c(OC)c1. The van der Waals surface area contributed by atoms with Crippen molar-refractivity contribution in [2.24, 2.45) is 0 Å². The summed E-state index contributed by atoms with van der Waals surface area (Å²) in [6.07, 6.45) is 3.97. The molecule has 0 aliphatic heterocycles. The smallest absolute Gasteiger partial charge is 0.305 e. The molecule has 0 aliphatic carbocycles. The minimum absolute atomic E-state index is 0.150. The molecule has 0 aliphatic rings. The van der Waals surface area contributed by atoms with E-state index in [1.54, 1.807) is 19.1 Å². The third-order valence-electron chi connectivity index (χ3n) is 3.83. The molecule has 0 aromatic heterocycles. The molecule has 0 saturated heterocycles. The van der Waals surface area contributed by atoms with Gasteiger partial charge in [0.05, 0.1) is 27.9 Å². The van der Waals surface area contributed by atoms with E-state index < -0.39 is 0 Å². The zero-order valence-electron chi connectivity index (χ0n) is 16.1. The number of nitrogens with one attached hydrogen (secondary N) is 1. The van der Waals surface area contributed by atoms with E-state index in [0.29, 0.717) is 42.4 Å². The van der Waals surface area contributed by atoms with Crippen molar-refractivity contribution in [1.29, 1.82) is 0 Å². The lowest BCUT2D eigenvalue weighted by molar-refractivity contribution is -0.143. The first kappa shape index (κ1) is 21.6. The fraction of sp³-hybridized carbons (Fsp3) is 0.579. The second kappa shape index (κ2) is 12.0. The predicted octanol–water partition coefficient (Wildman–Crippen LogP) is 2.96. The van der Waals surface area contributed by atoms with E-state index in [-0.39, 0.29) is 11.9 Å². The maximum absolute atomic E-state index is 12.3. The third-order valence-corrected chi connectivity index (χ3v) is 3.83. The molecule has 0 fully saturated rings. The van der Waals surface area contributed by atoms with Gasteiger partial charge in [-0.2, -0.15) is 0 Å². The number of unbranched alkanes of at least 4 members (excludes halogenated alkanes) is 3. The van der Waals surface area contributed by atoms with E-state index in [4.69, 9.17) is 18.9 Å². The number of amides is 1. The first-order chi connectivity index (χ1) is 12.6. The summed E-state index contributed by atoms with van der Waals surface area (Å²) in [5.41, 5.74) is 0.446.